The van der Waals surface area contributed by atoms with E-state index in [9.17, 15) is 14.4 Å². The van der Waals surface area contributed by atoms with Crippen LogP contribution in [0.15, 0.2) is 42.1 Å². The standard InChI is InChI=1S/C22H20Cl2N2O6/c1-3-31-19(27)12-32-20-16(24)8-14(10-18(20)30-2)9-17-21(28)26(22(29)25-17)11-13-4-6-15(23)7-5-13/h4-10H,3,11-12H2,1-2H3,(H,25,29). The third-order valence-corrected chi connectivity index (χ3v) is 4.95. The maximum atomic E-state index is 12.7. The van der Waals surface area contributed by atoms with E-state index < -0.39 is 17.9 Å². The van der Waals surface area contributed by atoms with Crippen molar-refractivity contribution in [1.29, 1.82) is 0 Å². The van der Waals surface area contributed by atoms with Gasteiger partial charge in [0.15, 0.2) is 18.1 Å². The fraction of sp³-hybridized carbons (Fsp3) is 0.227. The van der Waals surface area contributed by atoms with Crippen molar-refractivity contribution in [2.45, 2.75) is 13.5 Å². The highest BCUT2D eigenvalue weighted by Crippen LogP contribution is 2.37. The molecule has 168 valence electrons. The molecule has 1 heterocycles. The molecule has 10 heteroatoms. The van der Waals surface area contributed by atoms with Gasteiger partial charge in [0.2, 0.25) is 0 Å². The molecule has 0 aromatic heterocycles. The van der Waals surface area contributed by atoms with Crippen LogP contribution in [0.25, 0.3) is 6.08 Å². The maximum absolute atomic E-state index is 12.7. The molecule has 0 unspecified atom stereocenters. The van der Waals surface area contributed by atoms with Crippen LogP contribution in [-0.4, -0.2) is 43.1 Å². The van der Waals surface area contributed by atoms with Crippen LogP contribution >= 0.6 is 23.2 Å². The molecular formula is C22H20Cl2N2O6. The SMILES string of the molecule is CCOC(=O)COc1c(Cl)cc(C=C2NC(=O)N(Cc3ccc(Cl)cc3)C2=O)cc1OC. The van der Waals surface area contributed by atoms with Gasteiger partial charge in [-0.25, -0.2) is 9.59 Å². The lowest BCUT2D eigenvalue weighted by Crippen LogP contribution is -2.30. The van der Waals surface area contributed by atoms with Crippen LogP contribution in [0.5, 0.6) is 11.5 Å². The zero-order valence-corrected chi connectivity index (χ0v) is 18.8. The molecule has 1 aliphatic rings. The van der Waals surface area contributed by atoms with Crippen LogP contribution in [0.4, 0.5) is 4.79 Å². The van der Waals surface area contributed by atoms with Gasteiger partial charge in [-0.2, -0.15) is 0 Å². The van der Waals surface area contributed by atoms with Crippen molar-refractivity contribution in [3.63, 3.8) is 0 Å². The number of ether oxygens (including phenoxy) is 3. The zero-order chi connectivity index (χ0) is 23.3. The Morgan fingerprint density at radius 2 is 1.88 bits per heavy atom. The highest BCUT2D eigenvalue weighted by Gasteiger charge is 2.33. The number of halogens is 2. The number of urea groups is 1. The first-order chi connectivity index (χ1) is 15.3. The van der Waals surface area contributed by atoms with Gasteiger partial charge in [-0.3, -0.25) is 9.69 Å². The second-order valence-electron chi connectivity index (χ2n) is 6.63. The van der Waals surface area contributed by atoms with E-state index in [1.165, 1.54) is 19.3 Å². The molecule has 1 N–H and O–H groups in total. The number of imide groups is 1. The lowest BCUT2D eigenvalue weighted by Gasteiger charge is -2.13. The number of nitrogens with one attached hydrogen (secondary N) is 1. The Hall–Kier alpha value is -3.23. The molecule has 0 bridgehead atoms. The second kappa shape index (κ2) is 10.4. The van der Waals surface area contributed by atoms with Gasteiger partial charge in [-0.1, -0.05) is 35.3 Å². The third-order valence-electron chi connectivity index (χ3n) is 4.42. The molecule has 2 aromatic rings. The average molecular weight is 479 g/mol. The van der Waals surface area contributed by atoms with E-state index in [-0.39, 0.29) is 42.0 Å². The summed E-state index contributed by atoms with van der Waals surface area (Å²) >= 11 is 12.2. The minimum Gasteiger partial charge on any atom is -0.493 e. The van der Waals surface area contributed by atoms with Gasteiger partial charge in [-0.15, -0.1) is 0 Å². The molecule has 3 rings (SSSR count). The van der Waals surface area contributed by atoms with Crippen molar-refractivity contribution in [2.75, 3.05) is 20.3 Å². The molecule has 8 nitrogen and oxygen atoms in total. The number of carbonyl (C=O) groups is 3. The summed E-state index contributed by atoms with van der Waals surface area (Å²) in [7, 11) is 1.41. The Balaban J connectivity index is 1.79. The maximum Gasteiger partial charge on any atom is 0.344 e. The van der Waals surface area contributed by atoms with Crippen molar-refractivity contribution < 1.29 is 28.6 Å². The number of hydrogen-bond donors (Lipinski definition) is 1. The van der Waals surface area contributed by atoms with Gasteiger partial charge in [0.25, 0.3) is 5.91 Å². The van der Waals surface area contributed by atoms with Crippen LogP contribution in [0.2, 0.25) is 10.0 Å². The van der Waals surface area contributed by atoms with Crippen LogP contribution in [0.1, 0.15) is 18.1 Å². The molecule has 1 aliphatic heterocycles. The summed E-state index contributed by atoms with van der Waals surface area (Å²) in [5, 5.41) is 3.28. The average Bonchev–Trinajstić information content (AvgIpc) is 3.01. The fourth-order valence-electron chi connectivity index (χ4n) is 2.95. The number of nitrogens with zero attached hydrogens (tertiary/aromatic N) is 1. The number of methoxy groups -OCH3 is 1. The van der Waals surface area contributed by atoms with Crippen molar-refractivity contribution in [3.05, 3.63) is 63.3 Å². The Morgan fingerprint density at radius 3 is 2.53 bits per heavy atom. The lowest BCUT2D eigenvalue weighted by atomic mass is 10.1. The van der Waals surface area contributed by atoms with Gasteiger partial charge < -0.3 is 19.5 Å². The van der Waals surface area contributed by atoms with Crippen LogP contribution < -0.4 is 14.8 Å². The second-order valence-corrected chi connectivity index (χ2v) is 7.48. The monoisotopic (exact) mass is 478 g/mol. The molecule has 0 aliphatic carbocycles. The summed E-state index contributed by atoms with van der Waals surface area (Å²) < 4.78 is 15.5. The third kappa shape index (κ3) is 5.52. The van der Waals surface area contributed by atoms with Gasteiger partial charge >= 0.3 is 12.0 Å². The number of amides is 3. The van der Waals surface area contributed by atoms with Crippen LogP contribution in [0, 0.1) is 0 Å². The summed E-state index contributed by atoms with van der Waals surface area (Å²) in [6.07, 6.45) is 1.48. The Morgan fingerprint density at radius 1 is 1.16 bits per heavy atom. The molecule has 0 spiro atoms. The number of rotatable bonds is 8. The molecule has 32 heavy (non-hydrogen) atoms. The van der Waals surface area contributed by atoms with Gasteiger partial charge in [0, 0.05) is 5.02 Å². The first-order valence-corrected chi connectivity index (χ1v) is 10.3. The number of carbonyl (C=O) groups excluding carboxylic acids is 3. The Kier molecular flexibility index (Phi) is 7.61. The van der Waals surface area contributed by atoms with E-state index in [0.29, 0.717) is 10.6 Å². The molecule has 0 saturated carbocycles. The van der Waals surface area contributed by atoms with Crippen molar-refractivity contribution in [3.8, 4) is 11.5 Å². The lowest BCUT2D eigenvalue weighted by molar-refractivity contribution is -0.145. The van der Waals surface area contributed by atoms with Gasteiger partial charge in [0.1, 0.15) is 5.70 Å². The number of hydrogen-bond acceptors (Lipinski definition) is 6. The van der Waals surface area contributed by atoms with E-state index in [2.05, 4.69) is 5.32 Å². The molecule has 0 atom stereocenters. The normalized spacial score (nSPS) is 14.5. The van der Waals surface area contributed by atoms with E-state index >= 15 is 0 Å². The Labute approximate surface area is 194 Å². The minimum atomic E-state index is -0.545. The van der Waals surface area contributed by atoms with E-state index in [0.717, 1.165) is 10.5 Å². The highest BCUT2D eigenvalue weighted by atomic mass is 35.5. The largest absolute Gasteiger partial charge is 0.493 e. The van der Waals surface area contributed by atoms with Crippen molar-refractivity contribution in [2.24, 2.45) is 0 Å². The fourth-order valence-corrected chi connectivity index (χ4v) is 3.35. The van der Waals surface area contributed by atoms with E-state index in [1.54, 1.807) is 37.3 Å². The summed E-state index contributed by atoms with van der Waals surface area (Å²) in [6.45, 7) is 1.68. The van der Waals surface area contributed by atoms with Gasteiger partial charge in [-0.05, 0) is 48.4 Å². The topological polar surface area (TPSA) is 94.2 Å². The minimum absolute atomic E-state index is 0.0854. The predicted octanol–water partition coefficient (Wildman–Crippen LogP) is 4.04. The van der Waals surface area contributed by atoms with E-state index in [1.807, 2.05) is 0 Å². The molecule has 1 saturated heterocycles. The zero-order valence-electron chi connectivity index (χ0n) is 17.3. The summed E-state index contributed by atoms with van der Waals surface area (Å²) in [5.74, 6) is -0.613. The van der Waals surface area contributed by atoms with E-state index in [4.69, 9.17) is 37.4 Å². The predicted molar refractivity (Wildman–Crippen MR) is 119 cm³/mol. The molecule has 3 amide bonds. The summed E-state index contributed by atoms with van der Waals surface area (Å²) in [6, 6.07) is 9.41. The van der Waals surface area contributed by atoms with Gasteiger partial charge in [0.05, 0.1) is 25.3 Å². The summed E-state index contributed by atoms with van der Waals surface area (Å²) in [5.41, 5.74) is 1.33. The first-order valence-electron chi connectivity index (χ1n) is 9.57. The molecule has 0 radical (unpaired) electrons. The summed E-state index contributed by atoms with van der Waals surface area (Å²) in [4.78, 5) is 37.7. The quantitative estimate of drug-likeness (QED) is 0.349. The van der Waals surface area contributed by atoms with Crippen LogP contribution in [-0.2, 0) is 20.9 Å². The number of benzene rings is 2. The van der Waals surface area contributed by atoms with Crippen LogP contribution in [0.3, 0.4) is 0 Å². The molecule has 1 fully saturated rings. The first kappa shape index (κ1) is 23.4. The Bertz CT molecular complexity index is 1070. The molecular weight excluding hydrogens is 459 g/mol. The van der Waals surface area contributed by atoms with Crippen molar-refractivity contribution in [1.82, 2.24) is 10.2 Å². The number of esters is 1. The highest BCUT2D eigenvalue weighted by molar-refractivity contribution is 6.32. The van der Waals surface area contributed by atoms with Crippen molar-refractivity contribution >= 4 is 47.2 Å². The molecule has 2 aromatic carbocycles. The smallest absolute Gasteiger partial charge is 0.344 e.